The number of nitrogens with one attached hydrogen (secondary N) is 2. The Morgan fingerprint density at radius 2 is 2.17 bits per heavy atom. The molecule has 0 aromatic carbocycles. The molecule has 0 spiro atoms. The van der Waals surface area contributed by atoms with Crippen LogP contribution in [0, 0.1) is 0 Å². The molecule has 124 valence electrons. The topological polar surface area (TPSA) is 71.4 Å². The molecule has 2 heterocycles. The first kappa shape index (κ1) is 17.2. The molecule has 0 saturated carbocycles. The van der Waals surface area contributed by atoms with Crippen LogP contribution >= 0.6 is 11.3 Å². The summed E-state index contributed by atoms with van der Waals surface area (Å²) in [4.78, 5) is 14.4. The van der Waals surface area contributed by atoms with Crippen molar-refractivity contribution < 1.29 is 4.74 Å². The Labute approximate surface area is 141 Å². The molecule has 0 bridgehead atoms. The predicted molar refractivity (Wildman–Crippen MR) is 93.9 cm³/mol. The lowest BCUT2D eigenvalue weighted by Gasteiger charge is -2.10. The van der Waals surface area contributed by atoms with E-state index in [-0.39, 0.29) is 0 Å². The highest BCUT2D eigenvalue weighted by Gasteiger charge is 2.03. The van der Waals surface area contributed by atoms with E-state index < -0.39 is 0 Å². The number of hydrogen-bond donors (Lipinski definition) is 2. The van der Waals surface area contributed by atoms with Crippen LogP contribution in [0.2, 0.25) is 0 Å². The third-order valence-electron chi connectivity index (χ3n) is 3.13. The standard InChI is InChI=1S/C16H23N5OS/c1-4-13-10-19-15(23-13)11-21-16(17-5-2)20-9-12-6-7-18-14(8-12)22-3/h6-8,10H,4-5,9,11H2,1-3H3,(H2,17,20,21). The zero-order chi connectivity index (χ0) is 16.5. The lowest BCUT2D eigenvalue weighted by atomic mass is 10.3. The maximum Gasteiger partial charge on any atom is 0.213 e. The Kier molecular flexibility index (Phi) is 6.80. The smallest absolute Gasteiger partial charge is 0.213 e. The van der Waals surface area contributed by atoms with E-state index in [1.807, 2.05) is 25.3 Å². The van der Waals surface area contributed by atoms with Gasteiger partial charge < -0.3 is 15.4 Å². The summed E-state index contributed by atoms with van der Waals surface area (Å²) < 4.78 is 5.13. The Hall–Kier alpha value is -2.15. The van der Waals surface area contributed by atoms with Crippen LogP contribution in [0.3, 0.4) is 0 Å². The molecule has 7 heteroatoms. The fourth-order valence-electron chi connectivity index (χ4n) is 1.93. The molecule has 0 radical (unpaired) electrons. The third kappa shape index (κ3) is 5.52. The molecule has 0 aliphatic rings. The number of pyridine rings is 1. The number of ether oxygens (including phenoxy) is 1. The summed E-state index contributed by atoms with van der Waals surface area (Å²) in [7, 11) is 1.61. The fraction of sp³-hybridized carbons (Fsp3) is 0.438. The Bertz CT molecular complexity index is 641. The number of guanidine groups is 1. The SMILES string of the molecule is CCNC(=NCc1ccnc(OC)c1)NCc1ncc(CC)s1. The molecule has 0 atom stereocenters. The molecular formula is C16H23N5OS. The zero-order valence-electron chi connectivity index (χ0n) is 13.8. The molecule has 2 rings (SSSR count). The summed E-state index contributed by atoms with van der Waals surface area (Å²) in [5, 5.41) is 7.62. The van der Waals surface area contributed by atoms with Gasteiger partial charge in [0, 0.05) is 29.9 Å². The molecule has 2 aromatic rings. The molecule has 2 aromatic heterocycles. The summed E-state index contributed by atoms with van der Waals surface area (Å²) in [6, 6.07) is 3.82. The van der Waals surface area contributed by atoms with Crippen LogP contribution in [-0.2, 0) is 19.5 Å². The van der Waals surface area contributed by atoms with Crippen LogP contribution in [0.15, 0.2) is 29.5 Å². The van der Waals surface area contributed by atoms with Crippen LogP contribution in [0.25, 0.3) is 0 Å². The van der Waals surface area contributed by atoms with E-state index in [0.29, 0.717) is 19.0 Å². The molecule has 0 aliphatic carbocycles. The van der Waals surface area contributed by atoms with E-state index in [1.165, 1.54) is 4.88 Å². The Morgan fingerprint density at radius 3 is 2.87 bits per heavy atom. The number of thiazole rings is 1. The van der Waals surface area contributed by atoms with Gasteiger partial charge in [0.15, 0.2) is 5.96 Å². The van der Waals surface area contributed by atoms with E-state index in [2.05, 4.69) is 32.5 Å². The van der Waals surface area contributed by atoms with E-state index >= 15 is 0 Å². The van der Waals surface area contributed by atoms with E-state index in [4.69, 9.17) is 4.74 Å². The molecule has 0 amide bonds. The monoisotopic (exact) mass is 333 g/mol. The van der Waals surface area contributed by atoms with Gasteiger partial charge in [-0.3, -0.25) is 0 Å². The average molecular weight is 333 g/mol. The van der Waals surface area contributed by atoms with Crippen LogP contribution in [0.1, 0.15) is 29.3 Å². The van der Waals surface area contributed by atoms with Crippen molar-refractivity contribution in [3.63, 3.8) is 0 Å². The predicted octanol–water partition coefficient (Wildman–Crippen LogP) is 2.36. The van der Waals surface area contributed by atoms with Crippen molar-refractivity contribution in [1.82, 2.24) is 20.6 Å². The van der Waals surface area contributed by atoms with Gasteiger partial charge in [-0.15, -0.1) is 11.3 Å². The fourth-order valence-corrected chi connectivity index (χ4v) is 2.73. The maximum atomic E-state index is 5.13. The highest BCUT2D eigenvalue weighted by atomic mass is 32.1. The van der Waals surface area contributed by atoms with Gasteiger partial charge in [-0.25, -0.2) is 15.0 Å². The van der Waals surface area contributed by atoms with E-state index in [0.717, 1.165) is 29.5 Å². The summed E-state index contributed by atoms with van der Waals surface area (Å²) in [5.41, 5.74) is 1.05. The zero-order valence-corrected chi connectivity index (χ0v) is 14.6. The first-order valence-corrected chi connectivity index (χ1v) is 8.51. The van der Waals surface area contributed by atoms with Crippen molar-refractivity contribution in [3.8, 4) is 5.88 Å². The molecule has 0 fully saturated rings. The summed E-state index contributed by atoms with van der Waals surface area (Å²) in [6.07, 6.45) is 4.69. The van der Waals surface area contributed by atoms with Crippen molar-refractivity contribution in [2.45, 2.75) is 33.4 Å². The molecule has 0 unspecified atom stereocenters. The first-order chi connectivity index (χ1) is 11.2. The van der Waals surface area contributed by atoms with Crippen molar-refractivity contribution in [2.75, 3.05) is 13.7 Å². The normalized spacial score (nSPS) is 11.3. The second-order valence-electron chi connectivity index (χ2n) is 4.83. The number of aryl methyl sites for hydroxylation is 1. The minimum absolute atomic E-state index is 0.562. The van der Waals surface area contributed by atoms with Gasteiger partial charge >= 0.3 is 0 Å². The summed E-state index contributed by atoms with van der Waals surface area (Å²) in [6.45, 7) is 6.23. The number of rotatable bonds is 7. The molecule has 0 saturated heterocycles. The Morgan fingerprint density at radius 1 is 1.30 bits per heavy atom. The van der Waals surface area contributed by atoms with Gasteiger partial charge in [-0.05, 0) is 25.0 Å². The van der Waals surface area contributed by atoms with Gasteiger partial charge in [0.2, 0.25) is 5.88 Å². The number of aromatic nitrogens is 2. The van der Waals surface area contributed by atoms with E-state index in [1.54, 1.807) is 24.6 Å². The first-order valence-electron chi connectivity index (χ1n) is 7.69. The lowest BCUT2D eigenvalue weighted by Crippen LogP contribution is -2.36. The average Bonchev–Trinajstić information content (AvgIpc) is 3.05. The molecule has 23 heavy (non-hydrogen) atoms. The van der Waals surface area contributed by atoms with E-state index in [9.17, 15) is 0 Å². The van der Waals surface area contributed by atoms with Crippen molar-refractivity contribution >= 4 is 17.3 Å². The van der Waals surface area contributed by atoms with Gasteiger partial charge in [0.1, 0.15) is 5.01 Å². The number of hydrogen-bond acceptors (Lipinski definition) is 5. The van der Waals surface area contributed by atoms with Crippen LogP contribution in [-0.4, -0.2) is 29.6 Å². The molecular weight excluding hydrogens is 310 g/mol. The van der Waals surface area contributed by atoms with Crippen LogP contribution in [0.4, 0.5) is 0 Å². The largest absolute Gasteiger partial charge is 0.481 e. The highest BCUT2D eigenvalue weighted by Crippen LogP contribution is 2.13. The summed E-state index contributed by atoms with van der Waals surface area (Å²) in [5.74, 6) is 1.38. The second-order valence-corrected chi connectivity index (χ2v) is 6.03. The quantitative estimate of drug-likeness (QED) is 0.601. The summed E-state index contributed by atoms with van der Waals surface area (Å²) >= 11 is 1.73. The minimum Gasteiger partial charge on any atom is -0.481 e. The highest BCUT2D eigenvalue weighted by molar-refractivity contribution is 7.11. The second kappa shape index (κ2) is 9.09. The van der Waals surface area contributed by atoms with Gasteiger partial charge in [-0.2, -0.15) is 0 Å². The van der Waals surface area contributed by atoms with Crippen LogP contribution < -0.4 is 15.4 Å². The van der Waals surface area contributed by atoms with Gasteiger partial charge in [0.25, 0.3) is 0 Å². The van der Waals surface area contributed by atoms with Gasteiger partial charge in [0.05, 0.1) is 20.2 Å². The number of nitrogens with zero attached hydrogens (tertiary/aromatic N) is 3. The molecule has 6 nitrogen and oxygen atoms in total. The molecule has 2 N–H and O–H groups in total. The maximum absolute atomic E-state index is 5.13. The van der Waals surface area contributed by atoms with Crippen LogP contribution in [0.5, 0.6) is 5.88 Å². The third-order valence-corrected chi connectivity index (χ3v) is 4.27. The Balaban J connectivity index is 1.95. The lowest BCUT2D eigenvalue weighted by molar-refractivity contribution is 0.397. The number of methoxy groups -OCH3 is 1. The van der Waals surface area contributed by atoms with Crippen molar-refractivity contribution in [2.24, 2.45) is 4.99 Å². The van der Waals surface area contributed by atoms with Gasteiger partial charge in [-0.1, -0.05) is 6.92 Å². The number of aliphatic imine (C=N–C) groups is 1. The minimum atomic E-state index is 0.562. The van der Waals surface area contributed by atoms with Crippen molar-refractivity contribution in [1.29, 1.82) is 0 Å². The molecule has 0 aliphatic heterocycles. The van der Waals surface area contributed by atoms with Crippen molar-refractivity contribution in [3.05, 3.63) is 40.0 Å².